The van der Waals surface area contributed by atoms with Crippen molar-refractivity contribution in [2.45, 2.75) is 39.7 Å². The van der Waals surface area contributed by atoms with Crippen LogP contribution in [-0.2, 0) is 12.8 Å². The van der Waals surface area contributed by atoms with Crippen LogP contribution in [0.4, 0.5) is 0 Å². The molecule has 0 fully saturated rings. The molecule has 2 heteroatoms. The van der Waals surface area contributed by atoms with E-state index in [9.17, 15) is 0 Å². The summed E-state index contributed by atoms with van der Waals surface area (Å²) in [4.78, 5) is 0. The van der Waals surface area contributed by atoms with E-state index in [0.717, 1.165) is 17.9 Å². The smallest absolute Gasteiger partial charge is 0.0579 e. The van der Waals surface area contributed by atoms with E-state index in [2.05, 4.69) is 50.4 Å². The van der Waals surface area contributed by atoms with Crippen molar-refractivity contribution in [2.24, 2.45) is 0 Å². The van der Waals surface area contributed by atoms with Gasteiger partial charge in [-0.1, -0.05) is 49.7 Å². The standard InChI is InChI=1S/C19H24ClN/c1-5-14-7-8-15(6-2)18(12-14)19(21-4)17-10-9-16(20)11-13(17)3/h7-12,19,21H,5-6H2,1-4H3. The first-order valence-electron chi connectivity index (χ1n) is 7.65. The molecule has 0 aromatic heterocycles. The lowest BCUT2D eigenvalue weighted by Gasteiger charge is -2.23. The van der Waals surface area contributed by atoms with Gasteiger partial charge in [0, 0.05) is 5.02 Å². The third kappa shape index (κ3) is 3.48. The highest BCUT2D eigenvalue weighted by Crippen LogP contribution is 2.30. The van der Waals surface area contributed by atoms with Gasteiger partial charge in [0.05, 0.1) is 6.04 Å². The average molecular weight is 302 g/mol. The minimum atomic E-state index is 0.212. The van der Waals surface area contributed by atoms with E-state index in [0.29, 0.717) is 0 Å². The van der Waals surface area contributed by atoms with E-state index in [4.69, 9.17) is 11.6 Å². The molecule has 0 aliphatic rings. The maximum absolute atomic E-state index is 6.10. The van der Waals surface area contributed by atoms with Crippen LogP contribution in [0.5, 0.6) is 0 Å². The van der Waals surface area contributed by atoms with Gasteiger partial charge in [-0.25, -0.2) is 0 Å². The van der Waals surface area contributed by atoms with Gasteiger partial charge in [-0.15, -0.1) is 0 Å². The van der Waals surface area contributed by atoms with E-state index in [1.807, 2.05) is 19.2 Å². The zero-order valence-corrected chi connectivity index (χ0v) is 14.1. The fourth-order valence-electron chi connectivity index (χ4n) is 2.90. The van der Waals surface area contributed by atoms with Crippen LogP contribution in [0, 0.1) is 6.92 Å². The van der Waals surface area contributed by atoms with Crippen LogP contribution in [0.25, 0.3) is 0 Å². The van der Waals surface area contributed by atoms with Crippen LogP contribution in [0.1, 0.15) is 47.7 Å². The third-order valence-corrected chi connectivity index (χ3v) is 4.38. The molecular formula is C19H24ClN. The quantitative estimate of drug-likeness (QED) is 0.812. The predicted octanol–water partition coefficient (Wildman–Crippen LogP) is 5.08. The van der Waals surface area contributed by atoms with Crippen molar-refractivity contribution >= 4 is 11.6 Å². The average Bonchev–Trinajstić information content (AvgIpc) is 2.49. The van der Waals surface area contributed by atoms with Gasteiger partial charge in [0.2, 0.25) is 0 Å². The zero-order chi connectivity index (χ0) is 15.4. The maximum Gasteiger partial charge on any atom is 0.0579 e. The van der Waals surface area contributed by atoms with Crippen LogP contribution in [0.15, 0.2) is 36.4 Å². The normalized spacial score (nSPS) is 12.4. The molecule has 0 saturated heterocycles. The van der Waals surface area contributed by atoms with Crippen molar-refractivity contribution in [1.29, 1.82) is 0 Å². The van der Waals surface area contributed by atoms with Crippen LogP contribution in [0.3, 0.4) is 0 Å². The number of hydrogen-bond donors (Lipinski definition) is 1. The minimum Gasteiger partial charge on any atom is -0.309 e. The third-order valence-electron chi connectivity index (χ3n) is 4.14. The van der Waals surface area contributed by atoms with Gasteiger partial charge in [-0.05, 0) is 66.8 Å². The summed E-state index contributed by atoms with van der Waals surface area (Å²) in [7, 11) is 2.02. The first kappa shape index (κ1) is 16.1. The minimum absolute atomic E-state index is 0.212. The Morgan fingerprint density at radius 2 is 1.76 bits per heavy atom. The first-order chi connectivity index (χ1) is 10.1. The maximum atomic E-state index is 6.10. The molecule has 0 aliphatic carbocycles. The molecule has 0 heterocycles. The summed E-state index contributed by atoms with van der Waals surface area (Å²) in [5.41, 5.74) is 6.69. The van der Waals surface area contributed by atoms with Crippen LogP contribution < -0.4 is 5.32 Å². The number of nitrogens with one attached hydrogen (secondary N) is 1. The molecule has 0 aliphatic heterocycles. The molecular weight excluding hydrogens is 278 g/mol. The topological polar surface area (TPSA) is 12.0 Å². The van der Waals surface area contributed by atoms with E-state index in [-0.39, 0.29) is 6.04 Å². The fraction of sp³-hybridized carbons (Fsp3) is 0.368. The van der Waals surface area contributed by atoms with Crippen molar-refractivity contribution in [2.75, 3.05) is 7.05 Å². The Balaban J connectivity index is 2.54. The Kier molecular flexibility index (Phi) is 5.44. The van der Waals surface area contributed by atoms with E-state index in [1.54, 1.807) is 0 Å². The number of aryl methyl sites for hydroxylation is 3. The molecule has 0 amide bonds. The number of hydrogen-bond acceptors (Lipinski definition) is 1. The van der Waals surface area contributed by atoms with E-state index < -0.39 is 0 Å². The molecule has 2 rings (SSSR count). The summed E-state index contributed by atoms with van der Waals surface area (Å²) < 4.78 is 0. The second-order valence-electron chi connectivity index (χ2n) is 5.46. The second-order valence-corrected chi connectivity index (χ2v) is 5.90. The molecule has 112 valence electrons. The van der Waals surface area contributed by atoms with E-state index >= 15 is 0 Å². The summed E-state index contributed by atoms with van der Waals surface area (Å²) in [5, 5.41) is 4.27. The predicted molar refractivity (Wildman–Crippen MR) is 92.3 cm³/mol. The zero-order valence-electron chi connectivity index (χ0n) is 13.3. The molecule has 0 radical (unpaired) electrons. The molecule has 0 saturated carbocycles. The largest absolute Gasteiger partial charge is 0.309 e. The summed E-state index contributed by atoms with van der Waals surface area (Å²) in [6.07, 6.45) is 2.11. The number of benzene rings is 2. The molecule has 0 bridgehead atoms. The van der Waals surface area contributed by atoms with Gasteiger partial charge in [0.15, 0.2) is 0 Å². The van der Waals surface area contributed by atoms with Crippen molar-refractivity contribution in [3.63, 3.8) is 0 Å². The van der Waals surface area contributed by atoms with Crippen molar-refractivity contribution < 1.29 is 0 Å². The molecule has 2 aromatic carbocycles. The first-order valence-corrected chi connectivity index (χ1v) is 8.03. The van der Waals surface area contributed by atoms with Gasteiger partial charge in [-0.2, -0.15) is 0 Å². The van der Waals surface area contributed by atoms with Gasteiger partial charge < -0.3 is 5.32 Å². The Hall–Kier alpha value is -1.31. The van der Waals surface area contributed by atoms with Crippen molar-refractivity contribution in [3.8, 4) is 0 Å². The second kappa shape index (κ2) is 7.11. The van der Waals surface area contributed by atoms with Crippen molar-refractivity contribution in [3.05, 3.63) is 69.2 Å². The molecule has 1 atom stereocenters. The van der Waals surface area contributed by atoms with Gasteiger partial charge in [0.1, 0.15) is 0 Å². The van der Waals surface area contributed by atoms with Crippen LogP contribution in [-0.4, -0.2) is 7.05 Å². The summed E-state index contributed by atoms with van der Waals surface area (Å²) in [6, 6.07) is 13.2. The van der Waals surface area contributed by atoms with Crippen molar-refractivity contribution in [1.82, 2.24) is 5.32 Å². The molecule has 0 spiro atoms. The summed E-state index contributed by atoms with van der Waals surface area (Å²) in [5.74, 6) is 0. The lowest BCUT2D eigenvalue weighted by Crippen LogP contribution is -2.20. The molecule has 21 heavy (non-hydrogen) atoms. The summed E-state index contributed by atoms with van der Waals surface area (Å²) >= 11 is 6.10. The monoisotopic (exact) mass is 301 g/mol. The van der Waals surface area contributed by atoms with Gasteiger partial charge in [-0.3, -0.25) is 0 Å². The number of rotatable bonds is 5. The Morgan fingerprint density at radius 3 is 2.33 bits per heavy atom. The Morgan fingerprint density at radius 1 is 1.00 bits per heavy atom. The fourth-order valence-corrected chi connectivity index (χ4v) is 3.12. The number of halogens is 1. The highest BCUT2D eigenvalue weighted by molar-refractivity contribution is 6.30. The molecule has 1 unspecified atom stereocenters. The highest BCUT2D eigenvalue weighted by Gasteiger charge is 2.17. The lowest BCUT2D eigenvalue weighted by molar-refractivity contribution is 0.679. The van der Waals surface area contributed by atoms with Gasteiger partial charge in [0.25, 0.3) is 0 Å². The molecule has 2 aromatic rings. The van der Waals surface area contributed by atoms with Gasteiger partial charge >= 0.3 is 0 Å². The Bertz CT molecular complexity index is 619. The molecule has 1 nitrogen and oxygen atoms in total. The Labute approximate surface area is 133 Å². The summed E-state index contributed by atoms with van der Waals surface area (Å²) in [6.45, 7) is 6.54. The molecule has 1 N–H and O–H groups in total. The SMILES string of the molecule is CCc1ccc(CC)c(C(NC)c2ccc(Cl)cc2C)c1. The van der Waals surface area contributed by atoms with Crippen LogP contribution in [0.2, 0.25) is 5.02 Å². The van der Waals surface area contributed by atoms with Crippen LogP contribution >= 0.6 is 11.6 Å². The van der Waals surface area contributed by atoms with E-state index in [1.165, 1.54) is 27.8 Å². The lowest BCUT2D eigenvalue weighted by atomic mass is 9.89. The highest BCUT2D eigenvalue weighted by atomic mass is 35.5.